The minimum atomic E-state index is -0.197. The maximum Gasteiger partial charge on any atom is 0.135 e. The molecule has 0 atom stereocenters. The van der Waals surface area contributed by atoms with Crippen molar-refractivity contribution >= 4 is 21.7 Å². The fourth-order valence-corrected chi connectivity index (χ4v) is 1.82. The number of ether oxygens (including phenoxy) is 1. The van der Waals surface area contributed by atoms with E-state index in [1.165, 1.54) is 12.8 Å². The van der Waals surface area contributed by atoms with Crippen LogP contribution >= 0.6 is 15.9 Å². The Bertz CT molecular complexity index is 405. The number of hydrogen-bond donors (Lipinski definition) is 1. The van der Waals surface area contributed by atoms with Crippen molar-refractivity contribution in [2.45, 2.75) is 38.2 Å². The Labute approximate surface area is 110 Å². The van der Waals surface area contributed by atoms with E-state index in [0.29, 0.717) is 5.92 Å². The fraction of sp³-hybridized carbons (Fsp3) is 0.667. The fourth-order valence-electron chi connectivity index (χ4n) is 1.43. The topological polar surface area (TPSA) is 47.0 Å². The zero-order valence-electron chi connectivity index (χ0n) is 10.5. The predicted octanol–water partition coefficient (Wildman–Crippen LogP) is 2.95. The smallest absolute Gasteiger partial charge is 0.135 e. The van der Waals surface area contributed by atoms with Gasteiger partial charge in [-0.05, 0) is 42.6 Å². The SMILES string of the molecule is COC(C)(C)CNc1cc(Br)nc(C2CC2)n1. The van der Waals surface area contributed by atoms with Crippen molar-refractivity contribution in [2.24, 2.45) is 0 Å². The Morgan fingerprint density at radius 1 is 1.47 bits per heavy atom. The Morgan fingerprint density at radius 2 is 2.18 bits per heavy atom. The molecule has 0 radical (unpaired) electrons. The van der Waals surface area contributed by atoms with E-state index in [1.54, 1.807) is 7.11 Å². The van der Waals surface area contributed by atoms with Gasteiger partial charge in [0.15, 0.2) is 0 Å². The Hall–Kier alpha value is -0.680. The molecule has 0 aliphatic heterocycles. The summed E-state index contributed by atoms with van der Waals surface area (Å²) in [6.45, 7) is 4.80. The number of rotatable bonds is 5. The molecule has 0 spiro atoms. The molecule has 4 nitrogen and oxygen atoms in total. The van der Waals surface area contributed by atoms with Crippen LogP contribution in [0.1, 0.15) is 38.4 Å². The van der Waals surface area contributed by atoms with Crippen LogP contribution in [-0.2, 0) is 4.74 Å². The second-order valence-electron chi connectivity index (χ2n) is 5.03. The van der Waals surface area contributed by atoms with Crippen molar-refractivity contribution in [2.75, 3.05) is 19.0 Å². The number of halogens is 1. The zero-order chi connectivity index (χ0) is 12.5. The summed E-state index contributed by atoms with van der Waals surface area (Å²) in [7, 11) is 1.72. The number of nitrogens with one attached hydrogen (secondary N) is 1. The van der Waals surface area contributed by atoms with E-state index in [-0.39, 0.29) is 5.60 Å². The molecule has 1 saturated carbocycles. The highest BCUT2D eigenvalue weighted by Crippen LogP contribution is 2.38. The molecule has 0 amide bonds. The van der Waals surface area contributed by atoms with Gasteiger partial charge in [0.1, 0.15) is 16.2 Å². The lowest BCUT2D eigenvalue weighted by Gasteiger charge is -2.23. The van der Waals surface area contributed by atoms with E-state index < -0.39 is 0 Å². The van der Waals surface area contributed by atoms with Gasteiger partial charge >= 0.3 is 0 Å². The lowest BCUT2D eigenvalue weighted by molar-refractivity contribution is 0.0343. The van der Waals surface area contributed by atoms with Gasteiger partial charge < -0.3 is 10.1 Å². The highest BCUT2D eigenvalue weighted by Gasteiger charge is 2.27. The van der Waals surface area contributed by atoms with Crippen molar-refractivity contribution < 1.29 is 4.74 Å². The Balaban J connectivity index is 2.05. The van der Waals surface area contributed by atoms with E-state index >= 15 is 0 Å². The average molecular weight is 300 g/mol. The number of methoxy groups -OCH3 is 1. The maximum absolute atomic E-state index is 5.36. The van der Waals surface area contributed by atoms with Crippen LogP contribution in [0.4, 0.5) is 5.82 Å². The minimum Gasteiger partial charge on any atom is -0.377 e. The molecule has 2 rings (SSSR count). The van der Waals surface area contributed by atoms with Crippen LogP contribution < -0.4 is 5.32 Å². The van der Waals surface area contributed by atoms with E-state index in [9.17, 15) is 0 Å². The van der Waals surface area contributed by atoms with E-state index in [0.717, 1.165) is 22.8 Å². The van der Waals surface area contributed by atoms with Crippen LogP contribution in [0, 0.1) is 0 Å². The largest absolute Gasteiger partial charge is 0.377 e. The monoisotopic (exact) mass is 299 g/mol. The van der Waals surface area contributed by atoms with Crippen molar-refractivity contribution in [3.8, 4) is 0 Å². The summed E-state index contributed by atoms with van der Waals surface area (Å²) in [6.07, 6.45) is 2.42. The third-order valence-electron chi connectivity index (χ3n) is 2.90. The third-order valence-corrected chi connectivity index (χ3v) is 3.31. The van der Waals surface area contributed by atoms with Crippen molar-refractivity contribution in [3.63, 3.8) is 0 Å². The van der Waals surface area contributed by atoms with Gasteiger partial charge in [-0.15, -0.1) is 0 Å². The summed E-state index contributed by atoms with van der Waals surface area (Å²) in [4.78, 5) is 8.92. The second-order valence-corrected chi connectivity index (χ2v) is 5.84. The molecule has 94 valence electrons. The van der Waals surface area contributed by atoms with Gasteiger partial charge in [-0.2, -0.15) is 0 Å². The van der Waals surface area contributed by atoms with Crippen LogP contribution in [-0.4, -0.2) is 29.2 Å². The maximum atomic E-state index is 5.36. The van der Waals surface area contributed by atoms with E-state index in [1.807, 2.05) is 19.9 Å². The third kappa shape index (κ3) is 3.64. The quantitative estimate of drug-likeness (QED) is 0.849. The van der Waals surface area contributed by atoms with Crippen molar-refractivity contribution in [1.82, 2.24) is 9.97 Å². The van der Waals surface area contributed by atoms with Gasteiger partial charge in [-0.25, -0.2) is 9.97 Å². The Kier molecular flexibility index (Phi) is 3.68. The number of hydrogen-bond acceptors (Lipinski definition) is 4. The molecule has 1 heterocycles. The lowest BCUT2D eigenvalue weighted by atomic mass is 10.1. The normalized spacial score (nSPS) is 16.0. The predicted molar refractivity (Wildman–Crippen MR) is 71.3 cm³/mol. The second kappa shape index (κ2) is 4.90. The zero-order valence-corrected chi connectivity index (χ0v) is 12.0. The molecule has 0 aromatic carbocycles. The van der Waals surface area contributed by atoms with Crippen LogP contribution in [0.15, 0.2) is 10.7 Å². The molecule has 1 aromatic rings. The van der Waals surface area contributed by atoms with Crippen molar-refractivity contribution in [1.29, 1.82) is 0 Å². The summed E-state index contributed by atoms with van der Waals surface area (Å²) in [5.74, 6) is 2.36. The average Bonchev–Trinajstić information content (AvgIpc) is 3.10. The van der Waals surface area contributed by atoms with Gasteiger partial charge in [0.25, 0.3) is 0 Å². The number of nitrogens with zero attached hydrogens (tertiary/aromatic N) is 2. The van der Waals surface area contributed by atoms with Crippen LogP contribution in [0.2, 0.25) is 0 Å². The minimum absolute atomic E-state index is 0.197. The van der Waals surface area contributed by atoms with Crippen LogP contribution in [0.5, 0.6) is 0 Å². The molecule has 5 heteroatoms. The first kappa shape index (κ1) is 12.8. The number of aromatic nitrogens is 2. The van der Waals surface area contributed by atoms with Gasteiger partial charge in [0.05, 0.1) is 5.60 Å². The van der Waals surface area contributed by atoms with Gasteiger partial charge in [0, 0.05) is 25.6 Å². The molecule has 1 aliphatic rings. The summed E-state index contributed by atoms with van der Waals surface area (Å²) in [6, 6.07) is 1.90. The number of anilines is 1. The summed E-state index contributed by atoms with van der Waals surface area (Å²) >= 11 is 3.42. The highest BCUT2D eigenvalue weighted by molar-refractivity contribution is 9.10. The molecule has 1 aromatic heterocycles. The van der Waals surface area contributed by atoms with Crippen molar-refractivity contribution in [3.05, 3.63) is 16.5 Å². The van der Waals surface area contributed by atoms with Gasteiger partial charge in [-0.1, -0.05) is 0 Å². The first-order valence-corrected chi connectivity index (χ1v) is 6.63. The molecular formula is C12H18BrN3O. The molecule has 0 unspecified atom stereocenters. The molecule has 17 heavy (non-hydrogen) atoms. The van der Waals surface area contributed by atoms with Gasteiger partial charge in [0.2, 0.25) is 0 Å². The highest BCUT2D eigenvalue weighted by atomic mass is 79.9. The Morgan fingerprint density at radius 3 is 2.76 bits per heavy atom. The molecule has 1 fully saturated rings. The standard InChI is InChI=1S/C12H18BrN3O/c1-12(2,17-3)7-14-10-6-9(13)15-11(16-10)8-4-5-8/h6,8H,4-5,7H2,1-3H3,(H,14,15,16). The first-order chi connectivity index (χ1) is 8.00. The molecular weight excluding hydrogens is 282 g/mol. The van der Waals surface area contributed by atoms with E-state index in [2.05, 4.69) is 31.2 Å². The van der Waals surface area contributed by atoms with Crippen LogP contribution in [0.25, 0.3) is 0 Å². The van der Waals surface area contributed by atoms with E-state index in [4.69, 9.17) is 4.74 Å². The molecule has 0 bridgehead atoms. The summed E-state index contributed by atoms with van der Waals surface area (Å²) < 4.78 is 6.20. The molecule has 1 N–H and O–H groups in total. The lowest BCUT2D eigenvalue weighted by Crippen LogP contribution is -2.32. The summed E-state index contributed by atoms with van der Waals surface area (Å²) in [5, 5.41) is 3.29. The first-order valence-electron chi connectivity index (χ1n) is 5.84. The molecule has 0 saturated heterocycles. The molecule has 1 aliphatic carbocycles. The van der Waals surface area contributed by atoms with Gasteiger partial charge in [-0.3, -0.25) is 0 Å². The van der Waals surface area contributed by atoms with Crippen LogP contribution in [0.3, 0.4) is 0 Å². The summed E-state index contributed by atoms with van der Waals surface area (Å²) in [5.41, 5.74) is -0.197.